The van der Waals surface area contributed by atoms with E-state index in [1.165, 1.54) is 12.1 Å². The van der Waals surface area contributed by atoms with Gasteiger partial charge in [0.2, 0.25) is 5.91 Å². The van der Waals surface area contributed by atoms with Crippen molar-refractivity contribution >= 4 is 11.9 Å². The Morgan fingerprint density at radius 3 is 2.36 bits per heavy atom. The highest BCUT2D eigenvalue weighted by atomic mass is 19.1. The van der Waals surface area contributed by atoms with Gasteiger partial charge in [-0.25, -0.2) is 4.39 Å². The van der Waals surface area contributed by atoms with Crippen LogP contribution in [0.25, 0.3) is 0 Å². The number of carbonyl (C=O) groups excluding carboxylic acids is 1. The largest absolute Gasteiger partial charge is 0.481 e. The lowest BCUT2D eigenvalue weighted by Gasteiger charge is -2.36. The Morgan fingerprint density at radius 2 is 1.72 bits per heavy atom. The molecule has 1 heterocycles. The van der Waals surface area contributed by atoms with E-state index in [0.29, 0.717) is 39.0 Å². The minimum atomic E-state index is -0.769. The maximum atomic E-state index is 13.2. The molecule has 2 rings (SSSR count). The first-order valence-corrected chi connectivity index (χ1v) is 8.88. The second-order valence-electron chi connectivity index (χ2n) is 6.52. The topological polar surface area (TPSA) is 75.6 Å². The van der Waals surface area contributed by atoms with Gasteiger partial charge in [-0.2, -0.15) is 0 Å². The molecule has 1 aliphatic heterocycles. The van der Waals surface area contributed by atoms with Crippen molar-refractivity contribution in [2.75, 3.05) is 19.8 Å². The molecule has 138 valence electrons. The van der Waals surface area contributed by atoms with Crippen LogP contribution in [-0.4, -0.2) is 36.7 Å². The van der Waals surface area contributed by atoms with E-state index >= 15 is 0 Å². The molecule has 0 aromatic heterocycles. The van der Waals surface area contributed by atoms with Gasteiger partial charge in [0.05, 0.1) is 5.41 Å². The first-order valence-electron chi connectivity index (χ1n) is 8.88. The molecule has 0 unspecified atom stereocenters. The fraction of sp³-hybridized carbons (Fsp3) is 0.579. The molecule has 0 atom stereocenters. The predicted octanol–water partition coefficient (Wildman–Crippen LogP) is 3.03. The monoisotopic (exact) mass is 351 g/mol. The minimum Gasteiger partial charge on any atom is -0.481 e. The van der Waals surface area contributed by atoms with Gasteiger partial charge in [0.25, 0.3) is 0 Å². The Labute approximate surface area is 147 Å². The zero-order valence-corrected chi connectivity index (χ0v) is 14.4. The summed E-state index contributed by atoms with van der Waals surface area (Å²) >= 11 is 0. The van der Waals surface area contributed by atoms with Crippen LogP contribution in [-0.2, 0) is 19.7 Å². The van der Waals surface area contributed by atoms with Crippen LogP contribution in [0.5, 0.6) is 0 Å². The third-order valence-electron chi connectivity index (χ3n) is 4.78. The van der Waals surface area contributed by atoms with Gasteiger partial charge in [-0.05, 0) is 43.4 Å². The van der Waals surface area contributed by atoms with Crippen LogP contribution in [0.3, 0.4) is 0 Å². The van der Waals surface area contributed by atoms with Gasteiger partial charge in [-0.15, -0.1) is 0 Å². The lowest BCUT2D eigenvalue weighted by atomic mass is 9.73. The van der Waals surface area contributed by atoms with Gasteiger partial charge in [0.1, 0.15) is 5.82 Å². The van der Waals surface area contributed by atoms with Gasteiger partial charge in [0.15, 0.2) is 0 Å². The zero-order valence-electron chi connectivity index (χ0n) is 14.4. The van der Waals surface area contributed by atoms with E-state index in [1.807, 2.05) is 0 Å². The van der Waals surface area contributed by atoms with E-state index in [-0.39, 0.29) is 18.1 Å². The average Bonchev–Trinajstić information content (AvgIpc) is 2.61. The highest BCUT2D eigenvalue weighted by Crippen LogP contribution is 2.35. The van der Waals surface area contributed by atoms with Crippen molar-refractivity contribution in [3.63, 3.8) is 0 Å². The normalized spacial score (nSPS) is 16.4. The molecule has 0 spiro atoms. The number of halogens is 1. The number of ether oxygens (including phenoxy) is 1. The molecule has 1 fully saturated rings. The molecule has 1 saturated heterocycles. The van der Waals surface area contributed by atoms with Crippen LogP contribution in [0.15, 0.2) is 24.3 Å². The van der Waals surface area contributed by atoms with Gasteiger partial charge in [-0.1, -0.05) is 25.0 Å². The van der Waals surface area contributed by atoms with Crippen molar-refractivity contribution in [1.29, 1.82) is 0 Å². The predicted molar refractivity (Wildman–Crippen MR) is 91.9 cm³/mol. The van der Waals surface area contributed by atoms with Crippen molar-refractivity contribution in [2.45, 2.75) is 50.4 Å². The Kier molecular flexibility index (Phi) is 7.37. The molecule has 0 bridgehead atoms. The molecular formula is C19H26FNO4. The molecule has 1 aromatic rings. The van der Waals surface area contributed by atoms with Gasteiger partial charge in [-0.3, -0.25) is 9.59 Å². The first-order chi connectivity index (χ1) is 12.0. The number of carbonyl (C=O) groups is 2. The Morgan fingerprint density at radius 1 is 1.08 bits per heavy atom. The summed E-state index contributed by atoms with van der Waals surface area (Å²) in [6.07, 6.45) is 4.59. The molecule has 1 amide bonds. The molecule has 25 heavy (non-hydrogen) atoms. The van der Waals surface area contributed by atoms with E-state index in [4.69, 9.17) is 9.84 Å². The molecule has 2 N–H and O–H groups in total. The van der Waals surface area contributed by atoms with Crippen LogP contribution in [0.2, 0.25) is 0 Å². The molecular weight excluding hydrogens is 325 g/mol. The van der Waals surface area contributed by atoms with Crippen LogP contribution >= 0.6 is 0 Å². The number of carboxylic acid groups (broad SMARTS) is 1. The standard InChI is InChI=1S/C19H26FNO4/c20-16-8-6-15(7-9-16)19(10-13-25-14-11-19)18(24)21-12-4-2-1-3-5-17(22)23/h6-9H,1-5,10-14H2,(H,21,24)(H,22,23). The number of benzene rings is 1. The van der Waals surface area contributed by atoms with Crippen molar-refractivity contribution in [1.82, 2.24) is 5.32 Å². The fourth-order valence-corrected chi connectivity index (χ4v) is 3.26. The summed E-state index contributed by atoms with van der Waals surface area (Å²) in [4.78, 5) is 23.3. The van der Waals surface area contributed by atoms with E-state index < -0.39 is 11.4 Å². The summed E-state index contributed by atoms with van der Waals surface area (Å²) in [5.74, 6) is -1.12. The van der Waals surface area contributed by atoms with Crippen LogP contribution in [0, 0.1) is 5.82 Å². The Bertz CT molecular complexity index is 567. The van der Waals surface area contributed by atoms with E-state index in [1.54, 1.807) is 12.1 Å². The molecule has 0 aliphatic carbocycles. The van der Waals surface area contributed by atoms with Gasteiger partial charge >= 0.3 is 5.97 Å². The number of nitrogens with one attached hydrogen (secondary N) is 1. The average molecular weight is 351 g/mol. The number of amides is 1. The van der Waals surface area contributed by atoms with E-state index in [2.05, 4.69) is 5.32 Å². The summed E-state index contributed by atoms with van der Waals surface area (Å²) in [6, 6.07) is 6.16. The number of hydrogen-bond donors (Lipinski definition) is 2. The molecule has 1 aliphatic rings. The van der Waals surface area contributed by atoms with Crippen LogP contribution in [0.4, 0.5) is 4.39 Å². The Hall–Kier alpha value is -1.95. The number of hydrogen-bond acceptors (Lipinski definition) is 3. The lowest BCUT2D eigenvalue weighted by molar-refractivity contribution is -0.137. The zero-order chi connectivity index (χ0) is 18.1. The smallest absolute Gasteiger partial charge is 0.303 e. The van der Waals surface area contributed by atoms with E-state index in [9.17, 15) is 14.0 Å². The third kappa shape index (κ3) is 5.53. The molecule has 0 saturated carbocycles. The molecule has 0 radical (unpaired) electrons. The molecule has 1 aromatic carbocycles. The summed E-state index contributed by atoms with van der Waals surface area (Å²) in [6.45, 7) is 1.59. The summed E-state index contributed by atoms with van der Waals surface area (Å²) in [5.41, 5.74) is 0.172. The highest BCUT2D eigenvalue weighted by molar-refractivity contribution is 5.88. The highest BCUT2D eigenvalue weighted by Gasteiger charge is 2.41. The van der Waals surface area contributed by atoms with E-state index in [0.717, 1.165) is 24.8 Å². The summed E-state index contributed by atoms with van der Waals surface area (Å²) in [7, 11) is 0. The maximum absolute atomic E-state index is 13.2. The first kappa shape index (κ1) is 19.4. The fourth-order valence-electron chi connectivity index (χ4n) is 3.26. The third-order valence-corrected chi connectivity index (χ3v) is 4.78. The summed E-state index contributed by atoms with van der Waals surface area (Å²) in [5, 5.41) is 11.6. The van der Waals surface area contributed by atoms with Crippen molar-refractivity contribution in [2.24, 2.45) is 0 Å². The number of carboxylic acids is 1. The number of aliphatic carboxylic acids is 1. The van der Waals surface area contributed by atoms with Crippen molar-refractivity contribution < 1.29 is 23.8 Å². The molecule has 6 heteroatoms. The SMILES string of the molecule is O=C(O)CCCCCCNC(=O)C1(c2ccc(F)cc2)CCOCC1. The second-order valence-corrected chi connectivity index (χ2v) is 6.52. The van der Waals surface area contributed by atoms with Crippen LogP contribution < -0.4 is 5.32 Å². The maximum Gasteiger partial charge on any atom is 0.303 e. The Balaban J connectivity index is 1.87. The van der Waals surface area contributed by atoms with Gasteiger partial charge < -0.3 is 15.2 Å². The van der Waals surface area contributed by atoms with Crippen LogP contribution in [0.1, 0.15) is 50.5 Å². The second kappa shape index (κ2) is 9.51. The molecule has 5 nitrogen and oxygen atoms in total. The lowest BCUT2D eigenvalue weighted by Crippen LogP contribution is -2.48. The minimum absolute atomic E-state index is 0.0343. The number of unbranched alkanes of at least 4 members (excludes halogenated alkanes) is 3. The van der Waals surface area contributed by atoms with Crippen molar-refractivity contribution in [3.8, 4) is 0 Å². The summed E-state index contributed by atoms with van der Waals surface area (Å²) < 4.78 is 18.6. The van der Waals surface area contributed by atoms with Gasteiger partial charge in [0, 0.05) is 26.2 Å². The van der Waals surface area contributed by atoms with Crippen molar-refractivity contribution in [3.05, 3.63) is 35.6 Å². The quantitative estimate of drug-likeness (QED) is 0.671. The number of rotatable bonds is 9.